The lowest BCUT2D eigenvalue weighted by molar-refractivity contribution is 0.0690. The summed E-state index contributed by atoms with van der Waals surface area (Å²) in [6.45, 7) is 1.81. The molecule has 106 valence electrons. The molecule has 0 spiro atoms. The van der Waals surface area contributed by atoms with Crippen molar-refractivity contribution in [2.45, 2.75) is 6.92 Å². The average molecular weight is 305 g/mol. The molecule has 0 aliphatic carbocycles. The summed E-state index contributed by atoms with van der Waals surface area (Å²) in [5, 5.41) is 9.90. The van der Waals surface area contributed by atoms with Gasteiger partial charge >= 0.3 is 5.97 Å². The van der Waals surface area contributed by atoms with Gasteiger partial charge in [-0.3, -0.25) is 4.40 Å². The second kappa shape index (κ2) is 4.86. The Kier molecular flexibility index (Phi) is 3.14. The van der Waals surface area contributed by atoms with Gasteiger partial charge in [0, 0.05) is 11.8 Å². The van der Waals surface area contributed by atoms with Crippen LogP contribution in [0, 0.1) is 12.7 Å². The minimum absolute atomic E-state index is 0.00138. The normalized spacial score (nSPS) is 11.0. The highest BCUT2D eigenvalue weighted by Gasteiger charge is 2.20. The van der Waals surface area contributed by atoms with E-state index in [0.29, 0.717) is 16.2 Å². The summed E-state index contributed by atoms with van der Waals surface area (Å²) < 4.78 is 14.4. The maximum atomic E-state index is 13.0. The number of pyridine rings is 1. The highest BCUT2D eigenvalue weighted by molar-refractivity contribution is 6.31. The number of hydrogen-bond donors (Lipinski definition) is 1. The molecule has 0 radical (unpaired) electrons. The van der Waals surface area contributed by atoms with Crippen molar-refractivity contribution >= 4 is 23.2 Å². The maximum Gasteiger partial charge on any atom is 0.355 e. The lowest BCUT2D eigenvalue weighted by Crippen LogP contribution is -2.03. The monoisotopic (exact) mass is 304 g/mol. The Hall–Kier alpha value is -2.40. The molecule has 4 nitrogen and oxygen atoms in total. The Morgan fingerprint density at radius 3 is 2.62 bits per heavy atom. The summed E-state index contributed by atoms with van der Waals surface area (Å²) in [6, 6.07) is 7.24. The Balaban J connectivity index is 2.34. The molecule has 1 N–H and O–H groups in total. The van der Waals surface area contributed by atoms with Gasteiger partial charge in [-0.05, 0) is 42.8 Å². The first kappa shape index (κ1) is 13.6. The molecule has 2 heterocycles. The number of rotatable bonds is 2. The van der Waals surface area contributed by atoms with Gasteiger partial charge in [-0.15, -0.1) is 0 Å². The van der Waals surface area contributed by atoms with Crippen LogP contribution in [0.15, 0.2) is 36.5 Å². The number of nitrogens with zero attached hydrogens (tertiary/aromatic N) is 2. The van der Waals surface area contributed by atoms with Crippen LogP contribution < -0.4 is 0 Å². The predicted octanol–water partition coefficient (Wildman–Crippen LogP) is 3.80. The van der Waals surface area contributed by atoms with Crippen LogP contribution in [0.3, 0.4) is 0 Å². The second-order valence-corrected chi connectivity index (χ2v) is 5.06. The first-order valence-corrected chi connectivity index (χ1v) is 6.52. The Morgan fingerprint density at radius 2 is 2.00 bits per heavy atom. The van der Waals surface area contributed by atoms with Gasteiger partial charge in [0.25, 0.3) is 0 Å². The van der Waals surface area contributed by atoms with Gasteiger partial charge < -0.3 is 5.11 Å². The molecule has 0 aliphatic heterocycles. The zero-order valence-electron chi connectivity index (χ0n) is 11.0. The zero-order valence-corrected chi connectivity index (χ0v) is 11.7. The van der Waals surface area contributed by atoms with Gasteiger partial charge in [0.1, 0.15) is 17.2 Å². The van der Waals surface area contributed by atoms with Gasteiger partial charge in [-0.2, -0.15) is 0 Å². The van der Waals surface area contributed by atoms with Crippen LogP contribution >= 0.6 is 11.6 Å². The van der Waals surface area contributed by atoms with Crippen molar-refractivity contribution in [2.75, 3.05) is 0 Å². The topological polar surface area (TPSA) is 54.6 Å². The van der Waals surface area contributed by atoms with Crippen LogP contribution in [0.4, 0.5) is 4.39 Å². The first-order valence-electron chi connectivity index (χ1n) is 6.15. The smallest absolute Gasteiger partial charge is 0.355 e. The summed E-state index contributed by atoms with van der Waals surface area (Å²) >= 11 is 6.05. The summed E-state index contributed by atoms with van der Waals surface area (Å²) in [7, 11) is 0. The number of imidazole rings is 1. The number of aryl methyl sites for hydroxylation is 1. The number of aromatic nitrogens is 2. The number of carboxylic acid groups (broad SMARTS) is 1. The van der Waals surface area contributed by atoms with E-state index < -0.39 is 11.8 Å². The van der Waals surface area contributed by atoms with Crippen molar-refractivity contribution in [1.29, 1.82) is 0 Å². The number of hydrogen-bond acceptors (Lipinski definition) is 2. The molecule has 1 aromatic carbocycles. The van der Waals surface area contributed by atoms with E-state index in [1.165, 1.54) is 34.9 Å². The number of halogens is 2. The van der Waals surface area contributed by atoms with Crippen LogP contribution in [0.2, 0.25) is 5.02 Å². The van der Waals surface area contributed by atoms with E-state index in [4.69, 9.17) is 11.6 Å². The molecular formula is C15H10ClFN2O2. The number of aromatic carboxylic acids is 1. The fourth-order valence-electron chi connectivity index (χ4n) is 2.17. The van der Waals surface area contributed by atoms with E-state index >= 15 is 0 Å². The van der Waals surface area contributed by atoms with Crippen LogP contribution in [0.1, 0.15) is 16.1 Å². The first-order chi connectivity index (χ1) is 9.97. The van der Waals surface area contributed by atoms with E-state index in [9.17, 15) is 14.3 Å². The molecule has 21 heavy (non-hydrogen) atoms. The molecule has 2 aromatic heterocycles. The second-order valence-electron chi connectivity index (χ2n) is 4.65. The lowest BCUT2D eigenvalue weighted by Gasteiger charge is -2.02. The number of benzene rings is 1. The van der Waals surface area contributed by atoms with Crippen LogP contribution in [0.25, 0.3) is 16.9 Å². The molecular weight excluding hydrogens is 295 g/mol. The molecule has 0 bridgehead atoms. The van der Waals surface area contributed by atoms with Gasteiger partial charge in [0.15, 0.2) is 5.69 Å². The third-order valence-corrected chi connectivity index (χ3v) is 3.62. The average Bonchev–Trinajstić information content (AvgIpc) is 2.78. The van der Waals surface area contributed by atoms with Crippen LogP contribution in [-0.2, 0) is 0 Å². The fraction of sp³-hybridized carbons (Fsp3) is 0.0667. The van der Waals surface area contributed by atoms with E-state index in [0.717, 1.165) is 5.56 Å². The van der Waals surface area contributed by atoms with Crippen molar-refractivity contribution in [3.63, 3.8) is 0 Å². The summed E-state index contributed by atoms with van der Waals surface area (Å²) in [6.07, 6.45) is 1.52. The van der Waals surface area contributed by atoms with Crippen molar-refractivity contribution < 1.29 is 14.3 Å². The molecule has 0 fully saturated rings. The molecule has 0 atom stereocenters. The maximum absolute atomic E-state index is 13.0. The minimum Gasteiger partial charge on any atom is -0.476 e. The summed E-state index contributed by atoms with van der Waals surface area (Å²) in [5.74, 6) is -1.51. The molecule has 0 saturated carbocycles. The molecule has 6 heteroatoms. The van der Waals surface area contributed by atoms with Gasteiger partial charge in [-0.25, -0.2) is 14.2 Å². The van der Waals surface area contributed by atoms with E-state index in [1.54, 1.807) is 6.07 Å². The fourth-order valence-corrected chi connectivity index (χ4v) is 2.33. The molecule has 3 aromatic rings. The quantitative estimate of drug-likeness (QED) is 0.783. The molecule has 3 rings (SSSR count). The third-order valence-electron chi connectivity index (χ3n) is 3.22. The minimum atomic E-state index is -1.12. The Labute approximate surface area is 124 Å². The highest BCUT2D eigenvalue weighted by Crippen LogP contribution is 2.27. The number of carbonyl (C=O) groups is 1. The van der Waals surface area contributed by atoms with E-state index in [1.807, 2.05) is 6.92 Å². The molecule has 0 amide bonds. The van der Waals surface area contributed by atoms with Crippen LogP contribution in [-0.4, -0.2) is 20.5 Å². The molecule has 0 aliphatic rings. The largest absolute Gasteiger partial charge is 0.476 e. The van der Waals surface area contributed by atoms with E-state index in [-0.39, 0.29) is 11.4 Å². The number of carboxylic acids is 1. The van der Waals surface area contributed by atoms with Crippen molar-refractivity contribution in [2.24, 2.45) is 0 Å². The SMILES string of the molecule is Cc1cc2nc(-c3ccc(F)cc3)c(C(=O)O)n2cc1Cl. The van der Waals surface area contributed by atoms with Crippen molar-refractivity contribution in [3.8, 4) is 11.3 Å². The molecule has 0 saturated heterocycles. The summed E-state index contributed by atoms with van der Waals surface area (Å²) in [4.78, 5) is 15.9. The third kappa shape index (κ3) is 2.25. The van der Waals surface area contributed by atoms with Crippen LogP contribution in [0.5, 0.6) is 0 Å². The Bertz CT molecular complexity index is 856. The van der Waals surface area contributed by atoms with E-state index in [2.05, 4.69) is 4.98 Å². The Morgan fingerprint density at radius 1 is 1.33 bits per heavy atom. The van der Waals surface area contributed by atoms with Crippen molar-refractivity contribution in [3.05, 3.63) is 58.6 Å². The standard InChI is InChI=1S/C15H10ClFN2O2/c1-8-6-12-18-13(9-2-4-10(17)5-3-9)14(15(20)21)19(12)7-11(8)16/h2-7H,1H3,(H,20,21). The van der Waals surface area contributed by atoms with Gasteiger partial charge in [-0.1, -0.05) is 11.6 Å². The molecule has 0 unspecified atom stereocenters. The zero-order chi connectivity index (χ0) is 15.1. The highest BCUT2D eigenvalue weighted by atomic mass is 35.5. The van der Waals surface area contributed by atoms with Gasteiger partial charge in [0.2, 0.25) is 0 Å². The van der Waals surface area contributed by atoms with Gasteiger partial charge in [0.05, 0.1) is 5.02 Å². The lowest BCUT2D eigenvalue weighted by atomic mass is 10.1. The predicted molar refractivity (Wildman–Crippen MR) is 77.3 cm³/mol. The summed E-state index contributed by atoms with van der Waals surface area (Å²) in [5.41, 5.74) is 2.10. The van der Waals surface area contributed by atoms with Crippen molar-refractivity contribution in [1.82, 2.24) is 9.38 Å². The number of fused-ring (bicyclic) bond motifs is 1.